The summed E-state index contributed by atoms with van der Waals surface area (Å²) in [5.41, 5.74) is -0.196. The Labute approximate surface area is 117 Å². The predicted molar refractivity (Wildman–Crippen MR) is 73.8 cm³/mol. The lowest BCUT2D eigenvalue weighted by Crippen LogP contribution is -2.34. The molecule has 0 saturated carbocycles. The summed E-state index contributed by atoms with van der Waals surface area (Å²) >= 11 is 5.75. The third-order valence-electron chi connectivity index (χ3n) is 2.91. The normalized spacial score (nSPS) is 11.4. The van der Waals surface area contributed by atoms with Crippen LogP contribution in [0.4, 0.5) is 4.39 Å². The summed E-state index contributed by atoms with van der Waals surface area (Å²) in [6.07, 6.45) is 1.45. The minimum absolute atomic E-state index is 0.0505. The van der Waals surface area contributed by atoms with Gasteiger partial charge in [0.15, 0.2) is 0 Å². The van der Waals surface area contributed by atoms with E-state index in [2.05, 4.69) is 5.32 Å². The van der Waals surface area contributed by atoms with Gasteiger partial charge in [-0.15, -0.1) is 0 Å². The van der Waals surface area contributed by atoms with Crippen molar-refractivity contribution in [2.45, 2.75) is 26.7 Å². The Morgan fingerprint density at radius 2 is 2.16 bits per heavy atom. The zero-order chi connectivity index (χ0) is 14.5. The molecule has 0 aromatic heterocycles. The summed E-state index contributed by atoms with van der Waals surface area (Å²) < 4.78 is 13.5. The predicted octanol–water partition coefficient (Wildman–Crippen LogP) is 3.01. The molecule has 0 heterocycles. The van der Waals surface area contributed by atoms with Crippen LogP contribution in [-0.4, -0.2) is 24.2 Å². The van der Waals surface area contributed by atoms with Crippen molar-refractivity contribution in [1.82, 2.24) is 5.32 Å². The molecule has 2 N–H and O–H groups in total. The van der Waals surface area contributed by atoms with Crippen molar-refractivity contribution < 1.29 is 14.3 Å². The summed E-state index contributed by atoms with van der Waals surface area (Å²) in [7, 11) is 0. The summed E-state index contributed by atoms with van der Waals surface area (Å²) in [4.78, 5) is 11.9. The minimum atomic E-state index is -0.588. The topological polar surface area (TPSA) is 49.3 Å². The van der Waals surface area contributed by atoms with Gasteiger partial charge < -0.3 is 10.4 Å². The first-order valence-electron chi connectivity index (χ1n) is 6.20. The Morgan fingerprint density at radius 1 is 1.47 bits per heavy atom. The van der Waals surface area contributed by atoms with Gasteiger partial charge in [-0.2, -0.15) is 0 Å². The molecule has 0 unspecified atom stereocenters. The Balaban J connectivity index is 2.62. The molecule has 0 aliphatic carbocycles. The van der Waals surface area contributed by atoms with E-state index in [1.54, 1.807) is 0 Å². The minimum Gasteiger partial charge on any atom is -0.396 e. The summed E-state index contributed by atoms with van der Waals surface area (Å²) in [5.74, 6) is -1.06. The maximum atomic E-state index is 13.5. The molecule has 1 amide bonds. The Bertz CT molecular complexity index is 449. The lowest BCUT2D eigenvalue weighted by Gasteiger charge is -2.24. The van der Waals surface area contributed by atoms with E-state index in [1.807, 2.05) is 13.8 Å². The van der Waals surface area contributed by atoms with Gasteiger partial charge in [-0.05, 0) is 36.5 Å². The fourth-order valence-electron chi connectivity index (χ4n) is 1.73. The fourth-order valence-corrected chi connectivity index (χ4v) is 1.90. The first-order chi connectivity index (χ1) is 8.85. The number of nitrogens with one attached hydrogen (secondary N) is 1. The van der Waals surface area contributed by atoms with E-state index in [0.29, 0.717) is 18.0 Å². The molecule has 1 rings (SSSR count). The van der Waals surface area contributed by atoms with Crippen molar-refractivity contribution in [3.63, 3.8) is 0 Å². The van der Waals surface area contributed by atoms with Crippen LogP contribution in [-0.2, 0) is 0 Å². The van der Waals surface area contributed by atoms with Crippen LogP contribution in [0, 0.1) is 11.2 Å². The van der Waals surface area contributed by atoms with Gasteiger partial charge in [0, 0.05) is 18.2 Å². The Kier molecular flexibility index (Phi) is 5.76. The summed E-state index contributed by atoms with van der Waals surface area (Å²) in [6, 6.07) is 3.89. The van der Waals surface area contributed by atoms with E-state index in [4.69, 9.17) is 16.7 Å². The number of amides is 1. The first kappa shape index (κ1) is 15.9. The van der Waals surface area contributed by atoms with Crippen LogP contribution in [0.2, 0.25) is 5.02 Å². The van der Waals surface area contributed by atoms with E-state index >= 15 is 0 Å². The van der Waals surface area contributed by atoms with Gasteiger partial charge in [0.2, 0.25) is 0 Å². The molecular formula is C14H19ClFNO2. The number of hydrogen-bond acceptors (Lipinski definition) is 2. The number of carbonyl (C=O) groups excluding carboxylic acids is 1. The van der Waals surface area contributed by atoms with Gasteiger partial charge in [-0.1, -0.05) is 25.4 Å². The van der Waals surface area contributed by atoms with Gasteiger partial charge in [0.25, 0.3) is 5.91 Å². The number of halogens is 2. The highest BCUT2D eigenvalue weighted by molar-refractivity contribution is 6.30. The number of benzene rings is 1. The van der Waals surface area contributed by atoms with Crippen LogP contribution in [0.15, 0.2) is 18.2 Å². The molecule has 19 heavy (non-hydrogen) atoms. The SMILES string of the molecule is CC(C)(CCCO)CNC(=O)c1cc(Cl)ccc1F. The van der Waals surface area contributed by atoms with Crippen LogP contribution >= 0.6 is 11.6 Å². The second kappa shape index (κ2) is 6.87. The zero-order valence-corrected chi connectivity index (χ0v) is 11.9. The maximum absolute atomic E-state index is 13.5. The maximum Gasteiger partial charge on any atom is 0.254 e. The highest BCUT2D eigenvalue weighted by atomic mass is 35.5. The number of carbonyl (C=O) groups is 1. The van der Waals surface area contributed by atoms with E-state index in [0.717, 1.165) is 6.42 Å². The Hall–Kier alpha value is -1.13. The standard InChI is InChI=1S/C14H19ClFNO2/c1-14(2,6-3-7-18)9-17-13(19)11-8-10(15)4-5-12(11)16/h4-5,8,18H,3,6-7,9H2,1-2H3,(H,17,19). The molecule has 0 aliphatic rings. The molecule has 0 bridgehead atoms. The smallest absolute Gasteiger partial charge is 0.254 e. The molecule has 1 aromatic carbocycles. The van der Waals surface area contributed by atoms with Crippen molar-refractivity contribution in [3.05, 3.63) is 34.6 Å². The van der Waals surface area contributed by atoms with E-state index in [9.17, 15) is 9.18 Å². The molecule has 0 fully saturated rings. The molecule has 5 heteroatoms. The second-order valence-electron chi connectivity index (χ2n) is 5.30. The number of aliphatic hydroxyl groups excluding tert-OH is 1. The number of rotatable bonds is 6. The van der Waals surface area contributed by atoms with E-state index < -0.39 is 11.7 Å². The van der Waals surface area contributed by atoms with E-state index in [1.165, 1.54) is 18.2 Å². The second-order valence-corrected chi connectivity index (χ2v) is 5.73. The van der Waals surface area contributed by atoms with Gasteiger partial charge >= 0.3 is 0 Å². The Morgan fingerprint density at radius 3 is 2.79 bits per heavy atom. The third-order valence-corrected chi connectivity index (χ3v) is 3.15. The van der Waals surface area contributed by atoms with Crippen LogP contribution in [0.25, 0.3) is 0 Å². The van der Waals surface area contributed by atoms with Crippen LogP contribution in [0.1, 0.15) is 37.0 Å². The number of aliphatic hydroxyl groups is 1. The van der Waals surface area contributed by atoms with Crippen molar-refractivity contribution in [2.75, 3.05) is 13.2 Å². The average Bonchev–Trinajstić information content (AvgIpc) is 2.36. The molecule has 0 aliphatic heterocycles. The summed E-state index contributed by atoms with van der Waals surface area (Å²) in [6.45, 7) is 4.51. The largest absolute Gasteiger partial charge is 0.396 e. The molecule has 1 aromatic rings. The van der Waals surface area contributed by atoms with Gasteiger partial charge in [-0.3, -0.25) is 4.79 Å². The lowest BCUT2D eigenvalue weighted by molar-refractivity contribution is 0.0929. The number of hydrogen-bond donors (Lipinski definition) is 2. The van der Waals surface area contributed by atoms with Gasteiger partial charge in [-0.25, -0.2) is 4.39 Å². The molecule has 3 nitrogen and oxygen atoms in total. The summed E-state index contributed by atoms with van der Waals surface area (Å²) in [5, 5.41) is 11.8. The zero-order valence-electron chi connectivity index (χ0n) is 11.2. The fraction of sp³-hybridized carbons (Fsp3) is 0.500. The van der Waals surface area contributed by atoms with Crippen molar-refractivity contribution in [2.24, 2.45) is 5.41 Å². The molecule has 0 atom stereocenters. The van der Waals surface area contributed by atoms with Crippen LogP contribution in [0.5, 0.6) is 0 Å². The average molecular weight is 288 g/mol. The van der Waals surface area contributed by atoms with E-state index in [-0.39, 0.29) is 17.6 Å². The third kappa shape index (κ3) is 5.17. The van der Waals surface area contributed by atoms with Crippen LogP contribution < -0.4 is 5.32 Å². The van der Waals surface area contributed by atoms with Crippen molar-refractivity contribution in [3.8, 4) is 0 Å². The first-order valence-corrected chi connectivity index (χ1v) is 6.57. The molecule has 0 spiro atoms. The highest BCUT2D eigenvalue weighted by Crippen LogP contribution is 2.21. The molecule has 0 saturated heterocycles. The van der Waals surface area contributed by atoms with Crippen molar-refractivity contribution >= 4 is 17.5 Å². The molecular weight excluding hydrogens is 269 g/mol. The molecule has 106 valence electrons. The van der Waals surface area contributed by atoms with Crippen molar-refractivity contribution in [1.29, 1.82) is 0 Å². The van der Waals surface area contributed by atoms with Gasteiger partial charge in [0.05, 0.1) is 5.56 Å². The molecule has 0 radical (unpaired) electrons. The highest BCUT2D eigenvalue weighted by Gasteiger charge is 2.20. The van der Waals surface area contributed by atoms with Gasteiger partial charge in [0.1, 0.15) is 5.82 Å². The quantitative estimate of drug-likeness (QED) is 0.845. The monoisotopic (exact) mass is 287 g/mol. The lowest BCUT2D eigenvalue weighted by atomic mass is 9.88. The van der Waals surface area contributed by atoms with Crippen LogP contribution in [0.3, 0.4) is 0 Å².